The largest absolute Gasteiger partial charge is 0.313 e. The van der Waals surface area contributed by atoms with Crippen molar-refractivity contribution in [3.63, 3.8) is 0 Å². The highest BCUT2D eigenvalue weighted by Gasteiger charge is 1.96. The molecule has 0 bridgehead atoms. The maximum Gasteiger partial charge on any atom is 0.143 e. The average molecular weight is 394 g/mol. The molecule has 2 nitrogen and oxygen atoms in total. The van der Waals surface area contributed by atoms with E-state index in [-0.39, 0.29) is 5.78 Å². The number of rotatable bonds is 8. The van der Waals surface area contributed by atoms with Gasteiger partial charge in [-0.05, 0) is 57.4 Å². The molecule has 2 heteroatoms. The Labute approximate surface area is 177 Å². The van der Waals surface area contributed by atoms with Gasteiger partial charge in [-0.2, -0.15) is 0 Å². The lowest BCUT2D eigenvalue weighted by Gasteiger charge is -2.05. The highest BCUT2D eigenvalue weighted by atomic mass is 16.1. The third kappa shape index (κ3) is 24.8. The number of carbonyl (C=O) groups is 1. The number of nitrogens with one attached hydrogen (secondary N) is 1. The summed E-state index contributed by atoms with van der Waals surface area (Å²) in [5.74, 6) is 1.13. The van der Waals surface area contributed by atoms with Gasteiger partial charge in [-0.3, -0.25) is 4.79 Å². The second-order valence-corrected chi connectivity index (χ2v) is 7.76. The van der Waals surface area contributed by atoms with E-state index in [4.69, 9.17) is 0 Å². The quantitative estimate of drug-likeness (QED) is 0.456. The van der Waals surface area contributed by atoms with Gasteiger partial charge in [0.1, 0.15) is 5.78 Å². The van der Waals surface area contributed by atoms with Gasteiger partial charge in [0.2, 0.25) is 0 Å². The topological polar surface area (TPSA) is 29.1 Å². The van der Waals surface area contributed by atoms with Crippen LogP contribution in [0.2, 0.25) is 0 Å². The van der Waals surface area contributed by atoms with E-state index in [9.17, 15) is 4.79 Å². The number of likely N-dealkylation sites (N-methyl/N-ethyl adjacent to an activating group) is 1. The van der Waals surface area contributed by atoms with Gasteiger partial charge < -0.3 is 5.32 Å². The molecule has 166 valence electrons. The molecule has 0 amide bonds. The zero-order valence-electron chi connectivity index (χ0n) is 20.9. The van der Waals surface area contributed by atoms with E-state index in [0.29, 0.717) is 6.54 Å². The SMILES string of the molecule is CCCC.CCCCCC(C)CC.CNCC(C)=O.Cc1cccc(C)c1C. The van der Waals surface area contributed by atoms with E-state index in [1.54, 1.807) is 14.0 Å². The third-order valence-electron chi connectivity index (χ3n) is 4.80. The van der Waals surface area contributed by atoms with Crippen LogP contribution in [0.1, 0.15) is 103 Å². The van der Waals surface area contributed by atoms with Crippen LogP contribution in [-0.2, 0) is 4.79 Å². The first-order valence-corrected chi connectivity index (χ1v) is 11.4. The predicted molar refractivity (Wildman–Crippen MR) is 129 cm³/mol. The van der Waals surface area contributed by atoms with Crippen LogP contribution < -0.4 is 5.32 Å². The lowest BCUT2D eigenvalue weighted by atomic mass is 10.0. The Morgan fingerprint density at radius 1 is 0.929 bits per heavy atom. The monoisotopic (exact) mass is 393 g/mol. The Morgan fingerprint density at radius 2 is 1.43 bits per heavy atom. The number of hydrogen-bond acceptors (Lipinski definition) is 2. The number of ketones is 1. The fourth-order valence-electron chi connectivity index (χ4n) is 2.09. The van der Waals surface area contributed by atoms with Gasteiger partial charge >= 0.3 is 0 Å². The lowest BCUT2D eigenvalue weighted by Crippen LogP contribution is -2.14. The molecule has 0 aromatic heterocycles. The molecular weight excluding hydrogens is 342 g/mol. The number of aryl methyl sites for hydroxylation is 2. The molecular formula is C26H51NO. The maximum absolute atomic E-state index is 9.98. The molecule has 1 atom stereocenters. The van der Waals surface area contributed by atoms with Crippen molar-refractivity contribution < 1.29 is 4.79 Å². The maximum atomic E-state index is 9.98. The summed E-state index contributed by atoms with van der Waals surface area (Å²) >= 11 is 0. The van der Waals surface area contributed by atoms with Crippen molar-refractivity contribution in [1.29, 1.82) is 0 Å². The van der Waals surface area contributed by atoms with Crippen LogP contribution in [0, 0.1) is 26.7 Å². The predicted octanol–water partition coefficient (Wildman–Crippen LogP) is 7.83. The van der Waals surface area contributed by atoms with E-state index in [0.717, 1.165) is 5.92 Å². The first kappa shape index (κ1) is 31.5. The molecule has 1 aromatic rings. The van der Waals surface area contributed by atoms with E-state index in [1.807, 2.05) is 0 Å². The van der Waals surface area contributed by atoms with Crippen molar-refractivity contribution >= 4 is 5.78 Å². The van der Waals surface area contributed by atoms with Crippen molar-refractivity contribution in [3.05, 3.63) is 34.9 Å². The number of carbonyl (C=O) groups excluding carboxylic acids is 1. The summed E-state index contributed by atoms with van der Waals surface area (Å²) in [6.45, 7) is 19.7. The molecule has 0 aliphatic carbocycles. The molecule has 1 aromatic carbocycles. The molecule has 0 spiro atoms. The fourth-order valence-corrected chi connectivity index (χ4v) is 2.09. The van der Waals surface area contributed by atoms with Crippen LogP contribution in [0.5, 0.6) is 0 Å². The second-order valence-electron chi connectivity index (χ2n) is 7.76. The third-order valence-corrected chi connectivity index (χ3v) is 4.80. The highest BCUT2D eigenvalue weighted by molar-refractivity contribution is 5.77. The van der Waals surface area contributed by atoms with E-state index < -0.39 is 0 Å². The lowest BCUT2D eigenvalue weighted by molar-refractivity contribution is -0.116. The van der Waals surface area contributed by atoms with Crippen LogP contribution in [0.15, 0.2) is 18.2 Å². The van der Waals surface area contributed by atoms with Gasteiger partial charge in [-0.25, -0.2) is 0 Å². The molecule has 0 saturated heterocycles. The molecule has 1 N–H and O–H groups in total. The molecule has 1 rings (SSSR count). The van der Waals surface area contributed by atoms with Crippen molar-refractivity contribution in [2.75, 3.05) is 13.6 Å². The number of hydrogen-bond donors (Lipinski definition) is 1. The van der Waals surface area contributed by atoms with Gasteiger partial charge in [0.25, 0.3) is 0 Å². The Hall–Kier alpha value is -1.15. The fraction of sp³-hybridized carbons (Fsp3) is 0.731. The van der Waals surface area contributed by atoms with Crippen LogP contribution >= 0.6 is 0 Å². The van der Waals surface area contributed by atoms with Crippen LogP contribution in [0.3, 0.4) is 0 Å². The Bertz CT molecular complexity index is 431. The summed E-state index contributed by atoms with van der Waals surface area (Å²) in [4.78, 5) is 9.98. The van der Waals surface area contributed by atoms with Crippen LogP contribution in [-0.4, -0.2) is 19.4 Å². The number of benzene rings is 1. The van der Waals surface area contributed by atoms with E-state index >= 15 is 0 Å². The zero-order chi connectivity index (χ0) is 22.4. The number of unbranched alkanes of at least 4 members (excludes halogenated alkanes) is 3. The second kappa shape index (κ2) is 23.9. The van der Waals surface area contributed by atoms with Crippen LogP contribution in [0.4, 0.5) is 0 Å². The van der Waals surface area contributed by atoms with Crippen LogP contribution in [0.25, 0.3) is 0 Å². The molecule has 1 unspecified atom stereocenters. The summed E-state index contributed by atoms with van der Waals surface area (Å²) in [7, 11) is 1.75. The summed E-state index contributed by atoms with van der Waals surface area (Å²) in [6.07, 6.45) is 9.64. The molecule has 0 radical (unpaired) electrons. The first-order chi connectivity index (χ1) is 13.2. The summed E-state index contributed by atoms with van der Waals surface area (Å²) in [6, 6.07) is 6.38. The first-order valence-electron chi connectivity index (χ1n) is 11.4. The molecule has 28 heavy (non-hydrogen) atoms. The minimum absolute atomic E-state index is 0.178. The number of Topliss-reactive ketones (excluding diaryl/α,β-unsaturated/α-hetero) is 1. The van der Waals surface area contributed by atoms with Crippen molar-refractivity contribution in [3.8, 4) is 0 Å². The van der Waals surface area contributed by atoms with Crippen molar-refractivity contribution in [1.82, 2.24) is 5.32 Å². The van der Waals surface area contributed by atoms with Gasteiger partial charge in [-0.1, -0.05) is 97.8 Å². The summed E-state index contributed by atoms with van der Waals surface area (Å²) < 4.78 is 0. The summed E-state index contributed by atoms with van der Waals surface area (Å²) in [5, 5.41) is 2.72. The van der Waals surface area contributed by atoms with Crippen molar-refractivity contribution in [2.24, 2.45) is 5.92 Å². The Balaban J connectivity index is -0.000000312. The smallest absolute Gasteiger partial charge is 0.143 e. The standard InChI is InChI=1S/C9H12.C9H20.C4H9NO.C4H10/c1-7-5-4-6-8(2)9(7)3;1-4-6-7-8-9(3)5-2;1-4(6)3-5-2;1-3-4-2/h4-6H,1-3H3;9H,4-8H2,1-3H3;5H,3H2,1-2H3;3-4H2,1-2H3. The normalized spacial score (nSPS) is 10.4. The Morgan fingerprint density at radius 3 is 1.68 bits per heavy atom. The van der Waals surface area contributed by atoms with Gasteiger partial charge in [0.05, 0.1) is 6.54 Å². The average Bonchev–Trinajstić information content (AvgIpc) is 2.67. The minimum Gasteiger partial charge on any atom is -0.313 e. The molecule has 0 aliphatic rings. The summed E-state index contributed by atoms with van der Waals surface area (Å²) in [5.41, 5.74) is 4.18. The molecule has 0 fully saturated rings. The van der Waals surface area contributed by atoms with E-state index in [1.165, 1.54) is 61.6 Å². The zero-order valence-corrected chi connectivity index (χ0v) is 20.9. The molecule has 0 aliphatic heterocycles. The van der Waals surface area contributed by atoms with Gasteiger partial charge in [0, 0.05) is 0 Å². The molecule has 0 saturated carbocycles. The van der Waals surface area contributed by atoms with Crippen molar-refractivity contribution in [2.45, 2.75) is 107 Å². The molecule has 0 heterocycles. The van der Waals surface area contributed by atoms with Gasteiger partial charge in [0.15, 0.2) is 0 Å². The minimum atomic E-state index is 0.178. The highest BCUT2D eigenvalue weighted by Crippen LogP contribution is 2.11. The Kier molecular flexibility index (Phi) is 26.9. The van der Waals surface area contributed by atoms with Gasteiger partial charge in [-0.15, -0.1) is 0 Å². The van der Waals surface area contributed by atoms with E-state index in [2.05, 4.69) is 78.9 Å².